The summed E-state index contributed by atoms with van der Waals surface area (Å²) in [6.07, 6.45) is 4.15. The second-order valence-corrected chi connectivity index (χ2v) is 6.49. The highest BCUT2D eigenvalue weighted by Gasteiger charge is 2.32. The number of hydrogen-bond acceptors (Lipinski definition) is 1. The van der Waals surface area contributed by atoms with Crippen LogP contribution in [0.15, 0.2) is 36.4 Å². The Kier molecular flexibility index (Phi) is 5.51. The number of aryl methyl sites for hydroxylation is 1. The van der Waals surface area contributed by atoms with Crippen LogP contribution in [0, 0.1) is 0 Å². The van der Waals surface area contributed by atoms with Crippen LogP contribution in [0.25, 0.3) is 0 Å². The van der Waals surface area contributed by atoms with Gasteiger partial charge in [-0.15, -0.1) is 0 Å². The van der Waals surface area contributed by atoms with Crippen LogP contribution in [0.4, 0.5) is 0 Å². The Balaban J connectivity index is 2.74. The van der Waals surface area contributed by atoms with Crippen molar-refractivity contribution in [3.05, 3.63) is 64.2 Å². The molecule has 0 amide bonds. The topological polar surface area (TPSA) is 20.2 Å². The lowest BCUT2D eigenvalue weighted by Crippen LogP contribution is -2.25. The lowest BCUT2D eigenvalue weighted by Gasteiger charge is -2.34. The molecule has 0 bridgehead atoms. The minimum Gasteiger partial charge on any atom is -0.508 e. The predicted molar refractivity (Wildman–Crippen MR) is 99.4 cm³/mol. The summed E-state index contributed by atoms with van der Waals surface area (Å²) in [5, 5.41) is 10.4. The number of para-hydroxylation sites is 1. The molecule has 0 heterocycles. The molecule has 0 aliphatic carbocycles. The summed E-state index contributed by atoms with van der Waals surface area (Å²) in [7, 11) is 0. The van der Waals surface area contributed by atoms with Gasteiger partial charge in [0, 0.05) is 11.0 Å². The summed E-state index contributed by atoms with van der Waals surface area (Å²) in [5.74, 6) is 0.400. The van der Waals surface area contributed by atoms with Crippen LogP contribution < -0.4 is 0 Å². The minimum absolute atomic E-state index is 0.160. The largest absolute Gasteiger partial charge is 0.508 e. The van der Waals surface area contributed by atoms with Gasteiger partial charge in [-0.2, -0.15) is 0 Å². The van der Waals surface area contributed by atoms with Gasteiger partial charge in [-0.3, -0.25) is 0 Å². The fourth-order valence-electron chi connectivity index (χ4n) is 3.90. The molecule has 0 spiro atoms. The summed E-state index contributed by atoms with van der Waals surface area (Å²) in [6.45, 7) is 11.2. The molecule has 1 heteroatoms. The van der Waals surface area contributed by atoms with E-state index in [1.165, 1.54) is 22.3 Å². The van der Waals surface area contributed by atoms with Gasteiger partial charge < -0.3 is 5.11 Å². The number of benzene rings is 2. The van der Waals surface area contributed by atoms with Crippen LogP contribution in [-0.2, 0) is 24.7 Å². The van der Waals surface area contributed by atoms with Gasteiger partial charge in [0.1, 0.15) is 5.75 Å². The van der Waals surface area contributed by atoms with Gasteiger partial charge >= 0.3 is 0 Å². The molecule has 0 aromatic heterocycles. The van der Waals surface area contributed by atoms with Crippen molar-refractivity contribution in [2.24, 2.45) is 0 Å². The molecule has 23 heavy (non-hydrogen) atoms. The van der Waals surface area contributed by atoms with E-state index in [-0.39, 0.29) is 5.41 Å². The molecule has 0 aliphatic heterocycles. The van der Waals surface area contributed by atoms with E-state index in [0.29, 0.717) is 5.75 Å². The number of aromatic hydroxyl groups is 1. The lowest BCUT2D eigenvalue weighted by atomic mass is 9.70. The van der Waals surface area contributed by atoms with Gasteiger partial charge in [0.25, 0.3) is 0 Å². The first-order valence-electron chi connectivity index (χ1n) is 8.95. The zero-order valence-corrected chi connectivity index (χ0v) is 15.2. The molecule has 1 N–H and O–H groups in total. The average molecular weight is 310 g/mol. The Morgan fingerprint density at radius 3 is 1.96 bits per heavy atom. The maximum atomic E-state index is 10.4. The summed E-state index contributed by atoms with van der Waals surface area (Å²) >= 11 is 0. The van der Waals surface area contributed by atoms with Crippen LogP contribution in [0.5, 0.6) is 5.75 Å². The maximum Gasteiger partial charge on any atom is 0.119 e. The summed E-state index contributed by atoms with van der Waals surface area (Å²) < 4.78 is 0. The Morgan fingerprint density at radius 1 is 0.783 bits per heavy atom. The first-order valence-corrected chi connectivity index (χ1v) is 8.95. The number of rotatable bonds is 6. The first-order chi connectivity index (χ1) is 11.0. The number of hydrogen-bond donors (Lipinski definition) is 1. The van der Waals surface area contributed by atoms with Crippen molar-refractivity contribution in [3.8, 4) is 5.75 Å². The second kappa shape index (κ2) is 7.21. The van der Waals surface area contributed by atoms with Gasteiger partial charge in [0.05, 0.1) is 0 Å². The van der Waals surface area contributed by atoms with Gasteiger partial charge in [-0.1, -0.05) is 65.0 Å². The maximum absolute atomic E-state index is 10.4. The predicted octanol–water partition coefficient (Wildman–Crippen LogP) is 5.80. The average Bonchev–Trinajstić information content (AvgIpc) is 2.59. The Bertz CT molecular complexity index is 672. The third-order valence-corrected chi connectivity index (χ3v) is 5.42. The van der Waals surface area contributed by atoms with Crippen molar-refractivity contribution in [3.63, 3.8) is 0 Å². The first kappa shape index (κ1) is 17.6. The molecule has 2 aromatic carbocycles. The number of phenolic OH excluding ortho intramolecular Hbond substituents is 1. The van der Waals surface area contributed by atoms with Gasteiger partial charge in [-0.05, 0) is 54.0 Å². The fraction of sp³-hybridized carbons (Fsp3) is 0.455. The van der Waals surface area contributed by atoms with E-state index in [0.717, 1.165) is 31.2 Å². The molecule has 0 saturated carbocycles. The molecule has 0 aliphatic rings. The van der Waals surface area contributed by atoms with Crippen molar-refractivity contribution >= 4 is 0 Å². The molecule has 1 unspecified atom stereocenters. The smallest absolute Gasteiger partial charge is 0.119 e. The van der Waals surface area contributed by atoms with Gasteiger partial charge in [0.2, 0.25) is 0 Å². The van der Waals surface area contributed by atoms with Crippen LogP contribution in [0.2, 0.25) is 0 Å². The third-order valence-electron chi connectivity index (χ3n) is 5.42. The summed E-state index contributed by atoms with van der Waals surface area (Å²) in [4.78, 5) is 0. The quantitative estimate of drug-likeness (QED) is 0.715. The van der Waals surface area contributed by atoms with Crippen molar-refractivity contribution in [1.82, 2.24) is 0 Å². The second-order valence-electron chi connectivity index (χ2n) is 6.49. The molecule has 0 fully saturated rings. The molecule has 124 valence electrons. The lowest BCUT2D eigenvalue weighted by molar-refractivity contribution is 0.440. The summed E-state index contributed by atoms with van der Waals surface area (Å²) in [6, 6.07) is 12.4. The SMILES string of the molecule is CCc1ccc(C(C)(CC)c2ccccc2O)c(CC)c1CC. The van der Waals surface area contributed by atoms with E-state index >= 15 is 0 Å². The standard InChI is InChI=1S/C22H30O/c1-6-16-14-15-19(18(8-3)17(16)7-2)22(5,9-4)20-12-10-11-13-21(20)23/h10-15,23H,6-9H2,1-5H3. The van der Waals surface area contributed by atoms with Gasteiger partial charge in [-0.25, -0.2) is 0 Å². The molecule has 1 atom stereocenters. The highest BCUT2D eigenvalue weighted by atomic mass is 16.3. The normalized spacial score (nSPS) is 13.8. The number of phenols is 1. The van der Waals surface area contributed by atoms with Gasteiger partial charge in [0.15, 0.2) is 0 Å². The minimum atomic E-state index is -0.160. The monoisotopic (exact) mass is 310 g/mol. The van der Waals surface area contributed by atoms with Crippen molar-refractivity contribution in [2.45, 2.75) is 65.7 Å². The molecule has 2 aromatic rings. The van der Waals surface area contributed by atoms with Crippen LogP contribution in [0.3, 0.4) is 0 Å². The van der Waals surface area contributed by atoms with E-state index in [2.05, 4.69) is 52.8 Å². The molecular weight excluding hydrogens is 280 g/mol. The molecule has 0 radical (unpaired) electrons. The van der Waals surface area contributed by atoms with E-state index in [1.54, 1.807) is 6.07 Å². The van der Waals surface area contributed by atoms with Crippen molar-refractivity contribution in [1.29, 1.82) is 0 Å². The summed E-state index contributed by atoms with van der Waals surface area (Å²) in [5.41, 5.74) is 6.68. The zero-order valence-electron chi connectivity index (χ0n) is 15.2. The van der Waals surface area contributed by atoms with E-state index < -0.39 is 0 Å². The zero-order chi connectivity index (χ0) is 17.0. The third kappa shape index (κ3) is 3.02. The Morgan fingerprint density at radius 2 is 1.43 bits per heavy atom. The Hall–Kier alpha value is -1.76. The molecule has 1 nitrogen and oxygen atoms in total. The molecule has 2 rings (SSSR count). The molecular formula is C22H30O. The van der Waals surface area contributed by atoms with Crippen LogP contribution in [-0.4, -0.2) is 5.11 Å². The van der Waals surface area contributed by atoms with E-state index in [9.17, 15) is 5.11 Å². The van der Waals surface area contributed by atoms with Crippen molar-refractivity contribution in [2.75, 3.05) is 0 Å². The van der Waals surface area contributed by atoms with E-state index in [4.69, 9.17) is 0 Å². The van der Waals surface area contributed by atoms with E-state index in [1.807, 2.05) is 12.1 Å². The van der Waals surface area contributed by atoms with Crippen LogP contribution in [0.1, 0.15) is 68.9 Å². The highest BCUT2D eigenvalue weighted by Crippen LogP contribution is 2.42. The Labute approximate surface area is 141 Å². The van der Waals surface area contributed by atoms with Crippen molar-refractivity contribution < 1.29 is 5.11 Å². The highest BCUT2D eigenvalue weighted by molar-refractivity contribution is 5.52. The van der Waals surface area contributed by atoms with Crippen LogP contribution >= 0.6 is 0 Å². The molecule has 0 saturated heterocycles. The fourth-order valence-corrected chi connectivity index (χ4v) is 3.90.